The van der Waals surface area contributed by atoms with Crippen LogP contribution < -0.4 is 10.6 Å². The lowest BCUT2D eigenvalue weighted by molar-refractivity contribution is -0.133. The van der Waals surface area contributed by atoms with Crippen molar-refractivity contribution in [2.24, 2.45) is 11.8 Å². The van der Waals surface area contributed by atoms with Gasteiger partial charge in [0.25, 0.3) is 0 Å². The van der Waals surface area contributed by atoms with E-state index >= 15 is 0 Å². The number of rotatable bonds is 18. The van der Waals surface area contributed by atoms with E-state index in [0.29, 0.717) is 17.4 Å². The molecule has 0 saturated carbocycles. The minimum absolute atomic E-state index is 0.0426. The number of Topliss-reactive ketones (excluding diaryl/α,β-unsaturated/α-hetero) is 2. The third-order valence-electron chi connectivity index (χ3n) is 5.69. The number of alkyl halides is 2. The summed E-state index contributed by atoms with van der Waals surface area (Å²) in [5.41, 5.74) is 1.38. The Bertz CT molecular complexity index is 940. The summed E-state index contributed by atoms with van der Waals surface area (Å²) < 4.78 is 9.92. The van der Waals surface area contributed by atoms with Gasteiger partial charge in [0.15, 0.2) is 5.78 Å². The number of amides is 2. The quantitative estimate of drug-likeness (QED) is 0.123. The minimum atomic E-state index is -1.36. The van der Waals surface area contributed by atoms with Gasteiger partial charge in [-0.15, -0.1) is 0 Å². The van der Waals surface area contributed by atoms with Crippen LogP contribution in [0.2, 0.25) is 0 Å². The molecule has 0 aliphatic rings. The predicted octanol–water partition coefficient (Wildman–Crippen LogP) is 3.41. The summed E-state index contributed by atoms with van der Waals surface area (Å²) in [4.78, 5) is 59.8. The van der Waals surface area contributed by atoms with Gasteiger partial charge in [-0.25, -0.2) is 4.79 Å². The topological polar surface area (TPSA) is 148 Å². The molecule has 0 heterocycles. The molecule has 0 radical (unpaired) electrons. The van der Waals surface area contributed by atoms with Crippen molar-refractivity contribution in [3.8, 4) is 0 Å². The van der Waals surface area contributed by atoms with E-state index in [4.69, 9.17) is 9.84 Å². The van der Waals surface area contributed by atoms with E-state index < -0.39 is 18.1 Å². The molecule has 0 aliphatic heterocycles. The van der Waals surface area contributed by atoms with Crippen LogP contribution in [0.25, 0.3) is 0 Å². The molecule has 1 unspecified atom stereocenters. The number of ether oxygens (including phenoxy) is 2. The molecule has 0 fully saturated rings. The Hall–Kier alpha value is -2.31. The summed E-state index contributed by atoms with van der Waals surface area (Å²) in [5, 5.41) is 14.5. The number of carboxylic acid groups (broad SMARTS) is 1. The maximum absolute atomic E-state index is 12.9. The van der Waals surface area contributed by atoms with Crippen LogP contribution >= 0.6 is 31.9 Å². The van der Waals surface area contributed by atoms with Crippen molar-refractivity contribution in [3.63, 3.8) is 0 Å². The molecule has 2 amide bonds. The summed E-state index contributed by atoms with van der Waals surface area (Å²) in [6.07, 6.45) is -1.08. The lowest BCUT2D eigenvalue weighted by Crippen LogP contribution is -2.44. The zero-order chi connectivity index (χ0) is 28.7. The Labute approximate surface area is 239 Å². The van der Waals surface area contributed by atoms with Crippen molar-refractivity contribution >= 4 is 61.4 Å². The molecule has 1 aromatic carbocycles. The average Bonchev–Trinajstić information content (AvgIpc) is 2.87. The van der Waals surface area contributed by atoms with E-state index in [1.807, 2.05) is 13.8 Å². The van der Waals surface area contributed by atoms with Gasteiger partial charge in [-0.3, -0.25) is 19.2 Å². The van der Waals surface area contributed by atoms with Crippen LogP contribution in [0.1, 0.15) is 44.7 Å². The van der Waals surface area contributed by atoms with Gasteiger partial charge in [-0.1, -0.05) is 70.0 Å². The highest BCUT2D eigenvalue weighted by Crippen LogP contribution is 2.18. The predicted molar refractivity (Wildman–Crippen MR) is 148 cm³/mol. The van der Waals surface area contributed by atoms with E-state index in [0.717, 1.165) is 5.56 Å². The summed E-state index contributed by atoms with van der Waals surface area (Å²) in [5.74, 6) is -1.50. The summed E-state index contributed by atoms with van der Waals surface area (Å²) >= 11 is 6.43. The Morgan fingerprint density at radius 3 is 2.18 bits per heavy atom. The van der Waals surface area contributed by atoms with Gasteiger partial charge < -0.3 is 25.2 Å². The van der Waals surface area contributed by atoms with Gasteiger partial charge in [-0.2, -0.15) is 0 Å². The van der Waals surface area contributed by atoms with Crippen LogP contribution in [-0.2, 0) is 41.7 Å². The molecule has 0 saturated heterocycles. The molecule has 0 bridgehead atoms. The van der Waals surface area contributed by atoms with Crippen LogP contribution in [0, 0.1) is 11.8 Å². The third-order valence-corrected chi connectivity index (χ3v) is 7.94. The van der Waals surface area contributed by atoms with Crippen LogP contribution in [-0.4, -0.2) is 70.6 Å². The Morgan fingerprint density at radius 1 is 0.974 bits per heavy atom. The highest BCUT2D eigenvalue weighted by molar-refractivity contribution is 9.12. The first-order valence-corrected chi connectivity index (χ1v) is 14.3. The summed E-state index contributed by atoms with van der Waals surface area (Å²) in [6.45, 7) is 6.02. The van der Waals surface area contributed by atoms with Gasteiger partial charge in [0.2, 0.25) is 11.8 Å². The molecular weight excluding hydrogens is 628 g/mol. The van der Waals surface area contributed by atoms with E-state index in [-0.39, 0.29) is 73.2 Å². The summed E-state index contributed by atoms with van der Waals surface area (Å²) in [6, 6.07) is 6.04. The fraction of sp³-hybridized carbons (Fsp3) is 0.577. The van der Waals surface area contributed by atoms with E-state index in [2.05, 4.69) is 47.2 Å². The number of halogens is 2. The number of benzene rings is 1. The van der Waals surface area contributed by atoms with Gasteiger partial charge in [0.1, 0.15) is 17.2 Å². The largest absolute Gasteiger partial charge is 0.506 e. The molecule has 0 aliphatic carbocycles. The molecule has 3 N–H and O–H groups in total. The maximum Gasteiger partial charge on any atom is 0.506 e. The first kappa shape index (κ1) is 33.7. The van der Waals surface area contributed by atoms with E-state index in [9.17, 15) is 24.0 Å². The van der Waals surface area contributed by atoms with Crippen molar-refractivity contribution in [1.29, 1.82) is 0 Å². The van der Waals surface area contributed by atoms with Crippen LogP contribution in [0.5, 0.6) is 0 Å². The molecule has 1 rings (SSSR count). The number of hydrogen-bond donors (Lipinski definition) is 3. The minimum Gasteiger partial charge on any atom is -0.450 e. The first-order valence-electron chi connectivity index (χ1n) is 12.3. The highest BCUT2D eigenvalue weighted by atomic mass is 79.9. The molecule has 3 atom stereocenters. The molecule has 38 heavy (non-hydrogen) atoms. The normalized spacial score (nSPS) is 13.3. The molecule has 0 aromatic heterocycles. The Morgan fingerprint density at radius 2 is 1.61 bits per heavy atom. The fourth-order valence-corrected chi connectivity index (χ4v) is 3.80. The summed E-state index contributed by atoms with van der Waals surface area (Å²) in [7, 11) is 0. The van der Waals surface area contributed by atoms with Gasteiger partial charge in [0, 0.05) is 37.1 Å². The Kier molecular flexibility index (Phi) is 16.0. The molecular formula is C26H36Br2N2O8. The van der Waals surface area contributed by atoms with Crippen molar-refractivity contribution < 1.29 is 38.6 Å². The zero-order valence-electron chi connectivity index (χ0n) is 21.8. The van der Waals surface area contributed by atoms with Gasteiger partial charge in [0.05, 0.1) is 19.3 Å². The Balaban J connectivity index is 2.45. The number of carbonyl (C=O) groups is 5. The molecule has 1 aromatic rings. The number of nitrogens with one attached hydrogen (secondary N) is 2. The van der Waals surface area contributed by atoms with Crippen molar-refractivity contribution in [2.45, 2.75) is 57.5 Å². The highest BCUT2D eigenvalue weighted by Gasteiger charge is 2.27. The second kappa shape index (κ2) is 18.1. The van der Waals surface area contributed by atoms with Crippen LogP contribution in [0.15, 0.2) is 24.3 Å². The van der Waals surface area contributed by atoms with Crippen molar-refractivity contribution in [3.05, 3.63) is 35.4 Å². The van der Waals surface area contributed by atoms with Gasteiger partial charge in [-0.05, 0) is 24.0 Å². The SMILES string of the molecule is CC(C)[C@H](CC(=O)CCOCCNC(=O)C(Br)CBr)C(=O)N[C@@H](C)C(=O)Cc1ccc(COC(=O)O)cc1. The monoisotopic (exact) mass is 662 g/mol. The molecule has 212 valence electrons. The van der Waals surface area contributed by atoms with Crippen LogP contribution in [0.4, 0.5) is 4.79 Å². The second-order valence-electron chi connectivity index (χ2n) is 9.11. The van der Waals surface area contributed by atoms with Crippen molar-refractivity contribution in [1.82, 2.24) is 10.6 Å². The lowest BCUT2D eigenvalue weighted by Gasteiger charge is -2.22. The van der Waals surface area contributed by atoms with E-state index in [1.54, 1.807) is 31.2 Å². The standard InChI is InChI=1S/C26H36Br2N2O8/c1-16(2)21(13-20(31)8-10-37-11-9-29-25(34)22(28)14-27)24(33)30-17(3)23(32)12-18-4-6-19(7-5-18)15-38-26(35)36/h4-7,16-17,21-22H,8-15H2,1-3H3,(H,29,34)(H,30,33)(H,35,36)/t17-,21-,22?/m0/s1. The molecule has 12 heteroatoms. The van der Waals surface area contributed by atoms with Crippen LogP contribution in [0.3, 0.4) is 0 Å². The fourth-order valence-electron chi connectivity index (χ4n) is 3.35. The number of carbonyl (C=O) groups excluding carboxylic acids is 4. The maximum atomic E-state index is 12.9. The molecule has 10 nitrogen and oxygen atoms in total. The average molecular weight is 664 g/mol. The van der Waals surface area contributed by atoms with Gasteiger partial charge >= 0.3 is 6.16 Å². The van der Waals surface area contributed by atoms with E-state index in [1.165, 1.54) is 0 Å². The zero-order valence-corrected chi connectivity index (χ0v) is 25.0. The molecule has 0 spiro atoms. The van der Waals surface area contributed by atoms with Crippen molar-refractivity contribution in [2.75, 3.05) is 25.1 Å². The lowest BCUT2D eigenvalue weighted by atomic mass is 9.88. The number of ketones is 2. The third kappa shape index (κ3) is 13.5. The second-order valence-corrected chi connectivity index (χ2v) is 10.9. The number of hydrogen-bond acceptors (Lipinski definition) is 7. The smallest absolute Gasteiger partial charge is 0.450 e. The first-order chi connectivity index (χ1) is 17.9.